The minimum absolute atomic E-state index is 0.0610. The van der Waals surface area contributed by atoms with Gasteiger partial charge in [0.15, 0.2) is 0 Å². The minimum Gasteiger partial charge on any atom is -0.370 e. The van der Waals surface area contributed by atoms with Crippen LogP contribution in [0.15, 0.2) is 64.7 Å². The van der Waals surface area contributed by atoms with Crippen molar-refractivity contribution in [3.63, 3.8) is 0 Å². The summed E-state index contributed by atoms with van der Waals surface area (Å²) in [5, 5.41) is 0. The van der Waals surface area contributed by atoms with Gasteiger partial charge in [0.05, 0.1) is 12.2 Å². The zero-order valence-electron chi connectivity index (χ0n) is 17.0. The monoisotopic (exact) mass is 341 g/mol. The summed E-state index contributed by atoms with van der Waals surface area (Å²) in [7, 11) is 0. The van der Waals surface area contributed by atoms with E-state index < -0.39 is 0 Å². The van der Waals surface area contributed by atoms with Crippen molar-refractivity contribution in [2.75, 3.05) is 0 Å². The first-order valence-corrected chi connectivity index (χ1v) is 9.25. The Morgan fingerprint density at radius 3 is 2.36 bits per heavy atom. The molecule has 138 valence electrons. The lowest BCUT2D eigenvalue weighted by molar-refractivity contribution is 0.000662. The maximum atomic E-state index is 6.42. The largest absolute Gasteiger partial charge is 0.370 e. The Morgan fingerprint density at radius 2 is 1.88 bits per heavy atom. The molecule has 0 fully saturated rings. The molecule has 3 atom stereocenters. The lowest BCUT2D eigenvalue weighted by Crippen LogP contribution is -2.34. The van der Waals surface area contributed by atoms with Crippen LogP contribution in [0.4, 0.5) is 0 Å². The van der Waals surface area contributed by atoms with Crippen molar-refractivity contribution in [3.05, 3.63) is 59.8 Å². The predicted molar refractivity (Wildman–Crippen MR) is 111 cm³/mol. The van der Waals surface area contributed by atoms with E-state index >= 15 is 0 Å². The Hall–Kier alpha value is -1.67. The topological polar surface area (TPSA) is 21.6 Å². The summed E-state index contributed by atoms with van der Waals surface area (Å²) in [5.74, 6) is 0.507. The van der Waals surface area contributed by atoms with Crippen molar-refractivity contribution in [1.82, 2.24) is 0 Å². The molecule has 1 aliphatic rings. The van der Waals surface area contributed by atoms with E-state index in [4.69, 9.17) is 4.74 Å². The van der Waals surface area contributed by atoms with Gasteiger partial charge in [-0.25, -0.2) is 0 Å². The van der Waals surface area contributed by atoms with Crippen LogP contribution in [0.2, 0.25) is 0 Å². The highest BCUT2D eigenvalue weighted by Crippen LogP contribution is 2.38. The molecular formula is C23H35NO. The van der Waals surface area contributed by atoms with Crippen LogP contribution in [0.25, 0.3) is 0 Å². The molecule has 25 heavy (non-hydrogen) atoms. The number of rotatable bonds is 7. The standard InChI is InChI=1S/C23H35NO/c1-10-18(8)21(15(2)3)22-19(9)12-11-13-20(14-24-16(4)5)23(22)25-17(6)7/h10-14,16-17,19,22-23H,1-2H2,3-9H3/b21-18+,24-14?. The third-order valence-corrected chi connectivity index (χ3v) is 4.39. The molecule has 0 radical (unpaired) electrons. The number of aliphatic imine (C=N–C) groups is 1. The van der Waals surface area contributed by atoms with Gasteiger partial charge in [0.1, 0.15) is 0 Å². The third kappa shape index (κ3) is 5.97. The van der Waals surface area contributed by atoms with E-state index in [0.717, 1.165) is 16.7 Å². The molecule has 1 rings (SSSR count). The average molecular weight is 342 g/mol. The molecule has 0 aromatic rings. The second-order valence-corrected chi connectivity index (χ2v) is 7.49. The number of hydrogen-bond acceptors (Lipinski definition) is 2. The first-order chi connectivity index (χ1) is 11.7. The third-order valence-electron chi connectivity index (χ3n) is 4.39. The van der Waals surface area contributed by atoms with Gasteiger partial charge in [0.2, 0.25) is 0 Å². The Labute approximate surface area is 154 Å². The fourth-order valence-corrected chi connectivity index (χ4v) is 3.26. The van der Waals surface area contributed by atoms with Crippen molar-refractivity contribution in [2.45, 2.75) is 66.7 Å². The lowest BCUT2D eigenvalue weighted by atomic mass is 9.76. The van der Waals surface area contributed by atoms with E-state index in [0.29, 0.717) is 5.92 Å². The van der Waals surface area contributed by atoms with E-state index in [2.05, 4.69) is 84.8 Å². The zero-order valence-corrected chi connectivity index (χ0v) is 17.0. The van der Waals surface area contributed by atoms with Gasteiger partial charge in [0.25, 0.3) is 0 Å². The fourth-order valence-electron chi connectivity index (χ4n) is 3.26. The lowest BCUT2D eigenvalue weighted by Gasteiger charge is -2.35. The number of hydrogen-bond donors (Lipinski definition) is 0. The molecule has 0 heterocycles. The van der Waals surface area contributed by atoms with Gasteiger partial charge in [-0.1, -0.05) is 50.0 Å². The van der Waals surface area contributed by atoms with Crippen LogP contribution in [-0.2, 0) is 4.74 Å². The van der Waals surface area contributed by atoms with E-state index in [-0.39, 0.29) is 24.2 Å². The van der Waals surface area contributed by atoms with Crippen LogP contribution in [0.1, 0.15) is 48.5 Å². The van der Waals surface area contributed by atoms with Crippen LogP contribution < -0.4 is 0 Å². The molecule has 0 saturated heterocycles. The normalized spacial score (nSPS) is 25.2. The van der Waals surface area contributed by atoms with Gasteiger partial charge in [-0.15, -0.1) is 0 Å². The van der Waals surface area contributed by atoms with E-state index in [1.54, 1.807) is 0 Å². The second-order valence-electron chi connectivity index (χ2n) is 7.49. The molecule has 2 heteroatoms. The summed E-state index contributed by atoms with van der Waals surface area (Å²) in [4.78, 5) is 4.61. The molecule has 0 spiro atoms. The number of allylic oxidation sites excluding steroid dienone is 6. The highest BCUT2D eigenvalue weighted by Gasteiger charge is 2.34. The fraction of sp³-hybridized carbons (Fsp3) is 0.522. The van der Waals surface area contributed by atoms with Gasteiger partial charge in [-0.3, -0.25) is 4.99 Å². The van der Waals surface area contributed by atoms with E-state index in [1.165, 1.54) is 5.57 Å². The predicted octanol–water partition coefficient (Wildman–Crippen LogP) is 6.09. The maximum absolute atomic E-state index is 6.42. The van der Waals surface area contributed by atoms with Crippen molar-refractivity contribution < 1.29 is 4.74 Å². The summed E-state index contributed by atoms with van der Waals surface area (Å²) in [6.45, 7) is 23.0. The molecule has 0 saturated carbocycles. The zero-order chi connectivity index (χ0) is 19.1. The molecular weight excluding hydrogens is 306 g/mol. The molecule has 0 amide bonds. The van der Waals surface area contributed by atoms with Gasteiger partial charge in [-0.05, 0) is 64.2 Å². The average Bonchev–Trinajstić information content (AvgIpc) is 2.65. The molecule has 1 aliphatic carbocycles. The van der Waals surface area contributed by atoms with Crippen LogP contribution >= 0.6 is 0 Å². The molecule has 0 aromatic heterocycles. The molecule has 0 bridgehead atoms. The summed E-state index contributed by atoms with van der Waals surface area (Å²) in [6.07, 6.45) is 10.5. The quantitative estimate of drug-likeness (QED) is 0.406. The summed E-state index contributed by atoms with van der Waals surface area (Å²) < 4.78 is 6.42. The number of ether oxygens (including phenoxy) is 1. The summed E-state index contributed by atoms with van der Waals surface area (Å²) in [6, 6.07) is 0.259. The van der Waals surface area contributed by atoms with Crippen molar-refractivity contribution >= 4 is 6.21 Å². The smallest absolute Gasteiger partial charge is 0.0917 e. The van der Waals surface area contributed by atoms with Crippen molar-refractivity contribution in [3.8, 4) is 0 Å². The van der Waals surface area contributed by atoms with Gasteiger partial charge >= 0.3 is 0 Å². The highest BCUT2D eigenvalue weighted by molar-refractivity contribution is 5.81. The van der Waals surface area contributed by atoms with Gasteiger partial charge in [-0.2, -0.15) is 0 Å². The highest BCUT2D eigenvalue weighted by atomic mass is 16.5. The first kappa shape index (κ1) is 21.4. The van der Waals surface area contributed by atoms with Crippen LogP contribution in [0.5, 0.6) is 0 Å². The Bertz CT molecular complexity index is 602. The number of nitrogens with zero attached hydrogens (tertiary/aromatic N) is 1. The van der Waals surface area contributed by atoms with Crippen LogP contribution in [0, 0.1) is 11.8 Å². The molecule has 0 aromatic carbocycles. The summed E-state index contributed by atoms with van der Waals surface area (Å²) >= 11 is 0. The van der Waals surface area contributed by atoms with Crippen LogP contribution in [0.3, 0.4) is 0 Å². The minimum atomic E-state index is -0.0610. The van der Waals surface area contributed by atoms with E-state index in [9.17, 15) is 0 Å². The second kappa shape index (κ2) is 9.72. The summed E-state index contributed by atoms with van der Waals surface area (Å²) in [5.41, 5.74) is 4.59. The molecule has 0 N–H and O–H groups in total. The Morgan fingerprint density at radius 1 is 1.24 bits per heavy atom. The van der Waals surface area contributed by atoms with Gasteiger partial charge < -0.3 is 4.74 Å². The molecule has 2 nitrogen and oxygen atoms in total. The first-order valence-electron chi connectivity index (χ1n) is 9.25. The molecule has 0 aliphatic heterocycles. The maximum Gasteiger partial charge on any atom is 0.0917 e. The van der Waals surface area contributed by atoms with Gasteiger partial charge in [0, 0.05) is 18.2 Å². The van der Waals surface area contributed by atoms with E-state index in [1.807, 2.05) is 12.3 Å². The van der Waals surface area contributed by atoms with Crippen LogP contribution in [-0.4, -0.2) is 24.5 Å². The molecule has 3 unspecified atom stereocenters. The Balaban J connectivity index is 3.52. The SMILES string of the molecule is C=C/C(C)=C(\C(=C)C)C1C(C)C=CC=C(C=NC(C)C)C1OC(C)C. The van der Waals surface area contributed by atoms with Crippen molar-refractivity contribution in [2.24, 2.45) is 16.8 Å². The van der Waals surface area contributed by atoms with Crippen molar-refractivity contribution in [1.29, 1.82) is 0 Å². The Kier molecular flexibility index (Phi) is 8.31.